The molecule has 1 atom stereocenters. The molecular formula is C11H20N4OS. The fourth-order valence-corrected chi connectivity index (χ4v) is 2.93. The Morgan fingerprint density at radius 1 is 1.59 bits per heavy atom. The molecule has 5 nitrogen and oxygen atoms in total. The molecule has 2 rings (SSSR count). The average Bonchev–Trinajstić information content (AvgIpc) is 2.91. The van der Waals surface area contributed by atoms with Crippen molar-refractivity contribution in [3.63, 3.8) is 0 Å². The Labute approximate surface area is 106 Å². The third-order valence-electron chi connectivity index (χ3n) is 3.17. The van der Waals surface area contributed by atoms with Gasteiger partial charge in [-0.05, 0) is 32.2 Å². The summed E-state index contributed by atoms with van der Waals surface area (Å²) in [6.07, 6.45) is 2.11. The number of rotatable bonds is 6. The highest BCUT2D eigenvalue weighted by Crippen LogP contribution is 2.24. The van der Waals surface area contributed by atoms with Gasteiger partial charge in [0.05, 0.1) is 0 Å². The lowest BCUT2D eigenvalue weighted by Crippen LogP contribution is -2.21. The predicted octanol–water partition coefficient (Wildman–Crippen LogP) is 1.17. The van der Waals surface area contributed by atoms with E-state index in [9.17, 15) is 0 Å². The van der Waals surface area contributed by atoms with Crippen LogP contribution in [0.4, 0.5) is 5.00 Å². The minimum atomic E-state index is 0.305. The van der Waals surface area contributed by atoms with Crippen LogP contribution in [0.1, 0.15) is 25.5 Å². The first-order valence-corrected chi connectivity index (χ1v) is 6.99. The van der Waals surface area contributed by atoms with Gasteiger partial charge in [0.25, 0.3) is 0 Å². The Morgan fingerprint density at radius 2 is 2.47 bits per heavy atom. The van der Waals surface area contributed by atoms with Crippen molar-refractivity contribution >= 4 is 16.5 Å². The minimum absolute atomic E-state index is 0.305. The Bertz CT molecular complexity index is 344. The van der Waals surface area contributed by atoms with Crippen molar-refractivity contribution < 1.29 is 5.11 Å². The Morgan fingerprint density at radius 3 is 3.24 bits per heavy atom. The number of nitrogens with zero attached hydrogens (tertiary/aromatic N) is 3. The normalized spacial score (nSPS) is 20.9. The van der Waals surface area contributed by atoms with Gasteiger partial charge < -0.3 is 10.4 Å². The van der Waals surface area contributed by atoms with Crippen LogP contribution in [0.2, 0.25) is 0 Å². The van der Waals surface area contributed by atoms with Crippen molar-refractivity contribution in [2.45, 2.75) is 26.3 Å². The van der Waals surface area contributed by atoms with E-state index in [1.807, 2.05) is 0 Å². The average molecular weight is 256 g/mol. The summed E-state index contributed by atoms with van der Waals surface area (Å²) in [5.74, 6) is 0.647. The maximum atomic E-state index is 8.93. The molecule has 0 spiro atoms. The van der Waals surface area contributed by atoms with Gasteiger partial charge in [-0.1, -0.05) is 4.49 Å². The van der Waals surface area contributed by atoms with E-state index >= 15 is 0 Å². The molecule has 2 N–H and O–H groups in total. The summed E-state index contributed by atoms with van der Waals surface area (Å²) < 4.78 is 4.00. The molecule has 0 aliphatic carbocycles. The SMILES string of the molecule is CCNc1snnc1CN1CCC(CCO)C1. The molecule has 1 fully saturated rings. The highest BCUT2D eigenvalue weighted by molar-refractivity contribution is 7.10. The summed E-state index contributed by atoms with van der Waals surface area (Å²) >= 11 is 1.43. The van der Waals surface area contributed by atoms with E-state index in [4.69, 9.17) is 5.11 Å². The first kappa shape index (κ1) is 12.7. The molecule has 96 valence electrons. The van der Waals surface area contributed by atoms with E-state index in [-0.39, 0.29) is 0 Å². The van der Waals surface area contributed by atoms with Gasteiger partial charge in [-0.3, -0.25) is 4.90 Å². The van der Waals surface area contributed by atoms with Crippen LogP contribution >= 0.6 is 11.5 Å². The van der Waals surface area contributed by atoms with E-state index in [0.29, 0.717) is 12.5 Å². The van der Waals surface area contributed by atoms with Crippen LogP contribution < -0.4 is 5.32 Å². The van der Waals surface area contributed by atoms with Crippen molar-refractivity contribution in [3.05, 3.63) is 5.69 Å². The summed E-state index contributed by atoms with van der Waals surface area (Å²) in [5.41, 5.74) is 1.06. The van der Waals surface area contributed by atoms with Gasteiger partial charge in [0.15, 0.2) is 0 Å². The minimum Gasteiger partial charge on any atom is -0.396 e. The van der Waals surface area contributed by atoms with Crippen LogP contribution in [-0.4, -0.2) is 45.8 Å². The van der Waals surface area contributed by atoms with E-state index in [1.54, 1.807) is 0 Å². The quantitative estimate of drug-likeness (QED) is 0.800. The standard InChI is InChI=1S/C11H20N4OS/c1-2-12-11-10(13-14-17-11)8-15-5-3-9(7-15)4-6-16/h9,12,16H,2-8H2,1H3. The van der Waals surface area contributed by atoms with Gasteiger partial charge >= 0.3 is 0 Å². The number of hydrogen-bond acceptors (Lipinski definition) is 6. The van der Waals surface area contributed by atoms with Crippen molar-refractivity contribution in [1.29, 1.82) is 0 Å². The van der Waals surface area contributed by atoms with Crippen LogP contribution in [0.5, 0.6) is 0 Å². The number of anilines is 1. The molecule has 1 aliphatic heterocycles. The summed E-state index contributed by atoms with van der Waals surface area (Å²) in [6.45, 7) is 6.35. The predicted molar refractivity (Wildman–Crippen MR) is 69.2 cm³/mol. The van der Waals surface area contributed by atoms with Crippen LogP contribution in [0, 0.1) is 5.92 Å². The number of nitrogens with one attached hydrogen (secondary N) is 1. The zero-order valence-electron chi connectivity index (χ0n) is 10.2. The van der Waals surface area contributed by atoms with Crippen LogP contribution in [0.25, 0.3) is 0 Å². The zero-order valence-corrected chi connectivity index (χ0v) is 11.0. The second kappa shape index (κ2) is 6.28. The van der Waals surface area contributed by atoms with Gasteiger partial charge in [0, 0.05) is 37.8 Å². The Balaban J connectivity index is 1.86. The molecule has 1 unspecified atom stereocenters. The molecule has 0 radical (unpaired) electrons. The van der Waals surface area contributed by atoms with Gasteiger partial charge in [-0.25, -0.2) is 0 Å². The molecular weight excluding hydrogens is 236 g/mol. The van der Waals surface area contributed by atoms with E-state index < -0.39 is 0 Å². The number of aliphatic hydroxyl groups is 1. The number of aromatic nitrogens is 2. The third-order valence-corrected chi connectivity index (χ3v) is 3.90. The van der Waals surface area contributed by atoms with Crippen LogP contribution in [0.15, 0.2) is 0 Å². The molecule has 6 heteroatoms. The van der Waals surface area contributed by atoms with Gasteiger partial charge in [0.1, 0.15) is 10.7 Å². The van der Waals surface area contributed by atoms with Gasteiger partial charge in [-0.15, -0.1) is 5.10 Å². The van der Waals surface area contributed by atoms with Gasteiger partial charge in [0.2, 0.25) is 0 Å². The Kier molecular flexibility index (Phi) is 4.70. The molecule has 1 aromatic rings. The van der Waals surface area contributed by atoms with Gasteiger partial charge in [-0.2, -0.15) is 0 Å². The molecule has 1 aliphatic rings. The maximum Gasteiger partial charge on any atom is 0.134 e. The first-order valence-electron chi connectivity index (χ1n) is 6.21. The topological polar surface area (TPSA) is 61.3 Å². The molecule has 0 amide bonds. The lowest BCUT2D eigenvalue weighted by molar-refractivity contribution is 0.249. The van der Waals surface area contributed by atoms with Crippen molar-refractivity contribution in [2.24, 2.45) is 5.92 Å². The van der Waals surface area contributed by atoms with E-state index in [1.165, 1.54) is 18.0 Å². The highest BCUT2D eigenvalue weighted by atomic mass is 32.1. The highest BCUT2D eigenvalue weighted by Gasteiger charge is 2.23. The lowest BCUT2D eigenvalue weighted by atomic mass is 10.1. The fraction of sp³-hybridized carbons (Fsp3) is 0.818. The molecule has 0 saturated carbocycles. The lowest BCUT2D eigenvalue weighted by Gasteiger charge is -2.14. The van der Waals surface area contributed by atoms with Crippen LogP contribution in [-0.2, 0) is 6.54 Å². The number of aliphatic hydroxyl groups excluding tert-OH is 1. The second-order valence-electron chi connectivity index (χ2n) is 4.48. The third kappa shape index (κ3) is 3.37. The van der Waals surface area contributed by atoms with Crippen molar-refractivity contribution in [3.8, 4) is 0 Å². The fourth-order valence-electron chi connectivity index (χ4n) is 2.29. The maximum absolute atomic E-state index is 8.93. The molecule has 1 aromatic heterocycles. The Hall–Kier alpha value is -0.720. The summed E-state index contributed by atoms with van der Waals surface area (Å²) in [6, 6.07) is 0. The number of hydrogen-bond donors (Lipinski definition) is 2. The monoisotopic (exact) mass is 256 g/mol. The summed E-state index contributed by atoms with van der Waals surface area (Å²) in [4.78, 5) is 2.40. The largest absolute Gasteiger partial charge is 0.396 e. The zero-order chi connectivity index (χ0) is 12.1. The van der Waals surface area contributed by atoms with E-state index in [2.05, 4.69) is 26.7 Å². The molecule has 2 heterocycles. The number of likely N-dealkylation sites (tertiary alicyclic amines) is 1. The molecule has 17 heavy (non-hydrogen) atoms. The summed E-state index contributed by atoms with van der Waals surface area (Å²) in [5, 5.41) is 17.5. The summed E-state index contributed by atoms with van der Waals surface area (Å²) in [7, 11) is 0. The molecule has 0 bridgehead atoms. The smallest absolute Gasteiger partial charge is 0.134 e. The van der Waals surface area contributed by atoms with Crippen molar-refractivity contribution in [2.75, 3.05) is 31.6 Å². The second-order valence-corrected chi connectivity index (χ2v) is 5.24. The first-order chi connectivity index (χ1) is 8.33. The molecule has 0 aromatic carbocycles. The van der Waals surface area contributed by atoms with E-state index in [0.717, 1.165) is 43.3 Å². The van der Waals surface area contributed by atoms with Crippen molar-refractivity contribution in [1.82, 2.24) is 14.5 Å². The van der Waals surface area contributed by atoms with Crippen LogP contribution in [0.3, 0.4) is 0 Å². The molecule has 1 saturated heterocycles.